The Labute approximate surface area is 150 Å². The van der Waals surface area contributed by atoms with Gasteiger partial charge in [0, 0.05) is 10.7 Å². The van der Waals surface area contributed by atoms with E-state index in [4.69, 9.17) is 25.8 Å². The van der Waals surface area contributed by atoms with Gasteiger partial charge in [-0.2, -0.15) is 0 Å². The normalized spacial score (nSPS) is 11.3. The minimum Gasteiger partial charge on any atom is -0.493 e. The van der Waals surface area contributed by atoms with E-state index in [2.05, 4.69) is 5.32 Å². The molecule has 1 atom stereocenters. The molecule has 0 spiro atoms. The van der Waals surface area contributed by atoms with E-state index in [0.29, 0.717) is 22.2 Å². The van der Waals surface area contributed by atoms with Gasteiger partial charge >= 0.3 is 5.97 Å². The summed E-state index contributed by atoms with van der Waals surface area (Å²) in [6.07, 6.45) is -0.979. The number of anilines is 1. The second-order valence-electron chi connectivity index (χ2n) is 5.07. The number of esters is 1. The molecule has 0 fully saturated rings. The first-order chi connectivity index (χ1) is 12.0. The van der Waals surface area contributed by atoms with Crippen molar-refractivity contribution in [1.82, 2.24) is 0 Å². The minimum absolute atomic E-state index is 0.338. The number of amides is 1. The molecule has 0 unspecified atom stereocenters. The Balaban J connectivity index is 1.84. The number of methoxy groups -OCH3 is 1. The Hall–Kier alpha value is -2.73. The molecule has 6 nitrogen and oxygen atoms in total. The zero-order valence-corrected chi connectivity index (χ0v) is 14.6. The highest BCUT2D eigenvalue weighted by atomic mass is 35.5. The highest BCUT2D eigenvalue weighted by molar-refractivity contribution is 6.30. The van der Waals surface area contributed by atoms with Crippen LogP contribution < -0.4 is 14.8 Å². The van der Waals surface area contributed by atoms with E-state index in [-0.39, 0.29) is 6.61 Å². The highest BCUT2D eigenvalue weighted by Gasteiger charge is 2.18. The first-order valence-electron chi connectivity index (χ1n) is 7.51. The Bertz CT molecular complexity index is 750. The molecule has 132 valence electrons. The Morgan fingerprint density at radius 1 is 1.12 bits per heavy atom. The van der Waals surface area contributed by atoms with Gasteiger partial charge in [-0.05, 0) is 37.3 Å². The SMILES string of the molecule is COc1ccccc1OCC(=O)O[C@H](C)C(=O)Nc1cccc(Cl)c1. The van der Waals surface area contributed by atoms with Gasteiger partial charge < -0.3 is 19.5 Å². The van der Waals surface area contributed by atoms with Crippen molar-refractivity contribution in [1.29, 1.82) is 0 Å². The van der Waals surface area contributed by atoms with Crippen LogP contribution in [0.15, 0.2) is 48.5 Å². The number of benzene rings is 2. The molecule has 0 aliphatic heterocycles. The van der Waals surface area contributed by atoms with Crippen molar-refractivity contribution in [2.75, 3.05) is 19.0 Å². The van der Waals surface area contributed by atoms with Crippen LogP contribution in [0.4, 0.5) is 5.69 Å². The predicted molar refractivity (Wildman–Crippen MR) is 94.1 cm³/mol. The molecule has 2 rings (SSSR count). The average Bonchev–Trinajstić information content (AvgIpc) is 2.60. The number of para-hydroxylation sites is 2. The molecule has 2 aromatic rings. The van der Waals surface area contributed by atoms with Crippen LogP contribution in [0, 0.1) is 0 Å². The van der Waals surface area contributed by atoms with E-state index in [0.717, 1.165) is 0 Å². The molecule has 0 heterocycles. The van der Waals surface area contributed by atoms with Crippen molar-refractivity contribution in [2.45, 2.75) is 13.0 Å². The van der Waals surface area contributed by atoms with Gasteiger partial charge in [0.25, 0.3) is 5.91 Å². The van der Waals surface area contributed by atoms with E-state index in [9.17, 15) is 9.59 Å². The van der Waals surface area contributed by atoms with E-state index < -0.39 is 18.0 Å². The molecule has 2 aromatic carbocycles. The number of carbonyl (C=O) groups is 2. The lowest BCUT2D eigenvalue weighted by atomic mass is 10.3. The third kappa shape index (κ3) is 5.69. The van der Waals surface area contributed by atoms with E-state index in [1.54, 1.807) is 48.5 Å². The maximum Gasteiger partial charge on any atom is 0.344 e. The number of rotatable bonds is 7. The minimum atomic E-state index is -0.979. The molecule has 0 saturated carbocycles. The van der Waals surface area contributed by atoms with Crippen molar-refractivity contribution >= 4 is 29.2 Å². The fourth-order valence-electron chi connectivity index (χ4n) is 1.97. The molecule has 0 radical (unpaired) electrons. The van der Waals surface area contributed by atoms with Crippen molar-refractivity contribution in [2.24, 2.45) is 0 Å². The first-order valence-corrected chi connectivity index (χ1v) is 7.89. The number of hydrogen-bond acceptors (Lipinski definition) is 5. The summed E-state index contributed by atoms with van der Waals surface area (Å²) in [4.78, 5) is 23.9. The van der Waals surface area contributed by atoms with Crippen LogP contribution in [-0.2, 0) is 14.3 Å². The van der Waals surface area contributed by atoms with Crippen LogP contribution in [0.2, 0.25) is 5.02 Å². The monoisotopic (exact) mass is 363 g/mol. The lowest BCUT2D eigenvalue weighted by Gasteiger charge is -2.14. The van der Waals surface area contributed by atoms with E-state index in [1.807, 2.05) is 0 Å². The standard InChI is InChI=1S/C18H18ClNO5/c1-12(18(22)20-14-7-5-6-13(19)10-14)25-17(21)11-24-16-9-4-3-8-15(16)23-2/h3-10,12H,11H2,1-2H3,(H,20,22)/t12-/m1/s1. The van der Waals surface area contributed by atoms with Crippen molar-refractivity contribution in [3.8, 4) is 11.5 Å². The number of halogens is 1. The fourth-order valence-corrected chi connectivity index (χ4v) is 2.16. The smallest absolute Gasteiger partial charge is 0.344 e. The molecule has 0 bridgehead atoms. The predicted octanol–water partition coefficient (Wildman–Crippen LogP) is 3.30. The van der Waals surface area contributed by atoms with Crippen LogP contribution in [0.3, 0.4) is 0 Å². The molecule has 25 heavy (non-hydrogen) atoms. The molecule has 0 aromatic heterocycles. The van der Waals surface area contributed by atoms with Gasteiger partial charge in [0.05, 0.1) is 7.11 Å². The van der Waals surface area contributed by atoms with Gasteiger partial charge in [-0.15, -0.1) is 0 Å². The average molecular weight is 364 g/mol. The van der Waals surface area contributed by atoms with E-state index in [1.165, 1.54) is 14.0 Å². The van der Waals surface area contributed by atoms with Gasteiger partial charge in [-0.3, -0.25) is 4.79 Å². The summed E-state index contributed by atoms with van der Waals surface area (Å²) < 4.78 is 15.5. The van der Waals surface area contributed by atoms with Gasteiger partial charge in [-0.25, -0.2) is 4.79 Å². The zero-order valence-electron chi connectivity index (χ0n) is 13.8. The number of ether oxygens (including phenoxy) is 3. The van der Waals surface area contributed by atoms with Crippen LogP contribution in [0.25, 0.3) is 0 Å². The van der Waals surface area contributed by atoms with Crippen molar-refractivity contribution in [3.63, 3.8) is 0 Å². The van der Waals surface area contributed by atoms with Crippen LogP contribution in [-0.4, -0.2) is 31.7 Å². The Morgan fingerprint density at radius 3 is 2.52 bits per heavy atom. The van der Waals surface area contributed by atoms with Gasteiger partial charge in [0.2, 0.25) is 0 Å². The summed E-state index contributed by atoms with van der Waals surface area (Å²) in [6, 6.07) is 13.6. The van der Waals surface area contributed by atoms with Gasteiger partial charge in [-0.1, -0.05) is 29.8 Å². The molecule has 0 aliphatic rings. The molecule has 1 N–H and O–H groups in total. The highest BCUT2D eigenvalue weighted by Crippen LogP contribution is 2.25. The van der Waals surface area contributed by atoms with Crippen LogP contribution >= 0.6 is 11.6 Å². The largest absolute Gasteiger partial charge is 0.493 e. The van der Waals surface area contributed by atoms with Crippen molar-refractivity contribution in [3.05, 3.63) is 53.6 Å². The summed E-state index contributed by atoms with van der Waals surface area (Å²) in [5.74, 6) is -0.215. The second kappa shape index (κ2) is 8.94. The Kier molecular flexibility index (Phi) is 6.65. The number of nitrogens with one attached hydrogen (secondary N) is 1. The third-order valence-corrected chi connectivity index (χ3v) is 3.42. The molecule has 0 saturated heterocycles. The number of carbonyl (C=O) groups excluding carboxylic acids is 2. The Morgan fingerprint density at radius 2 is 1.84 bits per heavy atom. The van der Waals surface area contributed by atoms with Crippen molar-refractivity contribution < 1.29 is 23.8 Å². The topological polar surface area (TPSA) is 73.9 Å². The quantitative estimate of drug-likeness (QED) is 0.764. The zero-order chi connectivity index (χ0) is 18.2. The lowest BCUT2D eigenvalue weighted by molar-refractivity contribution is -0.155. The molecular weight excluding hydrogens is 346 g/mol. The molecule has 1 amide bonds. The first kappa shape index (κ1) is 18.6. The lowest BCUT2D eigenvalue weighted by Crippen LogP contribution is -2.31. The maximum absolute atomic E-state index is 12.0. The summed E-state index contributed by atoms with van der Waals surface area (Å²) >= 11 is 5.85. The summed E-state index contributed by atoms with van der Waals surface area (Å²) in [6.45, 7) is 1.13. The molecule has 7 heteroatoms. The van der Waals surface area contributed by atoms with Gasteiger partial charge in [0.15, 0.2) is 24.2 Å². The van der Waals surface area contributed by atoms with Crippen LogP contribution in [0.5, 0.6) is 11.5 Å². The summed E-state index contributed by atoms with van der Waals surface area (Å²) in [5.41, 5.74) is 0.519. The van der Waals surface area contributed by atoms with Gasteiger partial charge in [0.1, 0.15) is 0 Å². The van der Waals surface area contributed by atoms with Crippen LogP contribution in [0.1, 0.15) is 6.92 Å². The molecular formula is C18H18ClNO5. The number of hydrogen-bond donors (Lipinski definition) is 1. The molecule has 0 aliphatic carbocycles. The fraction of sp³-hybridized carbons (Fsp3) is 0.222. The second-order valence-corrected chi connectivity index (χ2v) is 5.51. The van der Waals surface area contributed by atoms with E-state index >= 15 is 0 Å². The summed E-state index contributed by atoms with van der Waals surface area (Å²) in [7, 11) is 1.50. The maximum atomic E-state index is 12.0. The third-order valence-electron chi connectivity index (χ3n) is 3.18. The summed E-state index contributed by atoms with van der Waals surface area (Å²) in [5, 5.41) is 3.11.